The lowest BCUT2D eigenvalue weighted by Gasteiger charge is -2.18. The number of rotatable bonds is 7. The first kappa shape index (κ1) is 19.9. The molecule has 0 unspecified atom stereocenters. The summed E-state index contributed by atoms with van der Waals surface area (Å²) in [5.41, 5.74) is 0.757. The van der Waals surface area contributed by atoms with Crippen LogP contribution in [0.1, 0.15) is 25.8 Å². The molecule has 0 bridgehead atoms. The van der Waals surface area contributed by atoms with Gasteiger partial charge in [0.15, 0.2) is 9.84 Å². The Labute approximate surface area is 149 Å². The first-order valence-corrected chi connectivity index (χ1v) is 11.5. The average Bonchev–Trinajstić information content (AvgIpc) is 2.94. The van der Waals surface area contributed by atoms with Crippen LogP contribution in [0.25, 0.3) is 0 Å². The summed E-state index contributed by atoms with van der Waals surface area (Å²) < 4.78 is 49.0. The fourth-order valence-electron chi connectivity index (χ4n) is 2.83. The van der Waals surface area contributed by atoms with Gasteiger partial charge in [-0.2, -0.15) is 4.31 Å². The molecule has 0 aliphatic carbocycles. The zero-order valence-corrected chi connectivity index (χ0v) is 16.1. The maximum Gasteiger partial charge on any atom is 0.243 e. The molecule has 25 heavy (non-hydrogen) atoms. The Morgan fingerprint density at radius 2 is 1.80 bits per heavy atom. The number of hydrogen-bond donors (Lipinski definition) is 1. The topological polar surface area (TPSA) is 101 Å². The van der Waals surface area contributed by atoms with E-state index in [1.54, 1.807) is 26.0 Å². The third-order valence-corrected chi connectivity index (χ3v) is 8.17. The Kier molecular flexibility index (Phi) is 6.23. The maximum atomic E-state index is 12.4. The van der Waals surface area contributed by atoms with Crippen LogP contribution in [0, 0.1) is 5.92 Å². The standard InChI is InChI=1S/C16H24N2O5S2/c1-3-18(4-2)25(22,23)15-7-5-13(6-8-15)11-17-16(19)14-9-10-24(20,21)12-14/h5-8,14H,3-4,9-12H2,1-2H3,(H,17,19)/t14-/m1/s1. The number of sulfone groups is 1. The average molecular weight is 389 g/mol. The van der Waals surface area contributed by atoms with Gasteiger partial charge in [-0.15, -0.1) is 0 Å². The molecule has 1 saturated heterocycles. The first-order chi connectivity index (χ1) is 11.7. The molecule has 0 aromatic heterocycles. The summed E-state index contributed by atoms with van der Waals surface area (Å²) in [6.45, 7) is 4.62. The molecule has 1 aliphatic heterocycles. The number of nitrogens with zero attached hydrogens (tertiary/aromatic N) is 1. The van der Waals surface area contributed by atoms with Crippen LogP contribution in [-0.4, -0.2) is 51.6 Å². The van der Waals surface area contributed by atoms with Gasteiger partial charge in [0.2, 0.25) is 15.9 Å². The van der Waals surface area contributed by atoms with Gasteiger partial charge in [-0.05, 0) is 24.1 Å². The lowest BCUT2D eigenvalue weighted by atomic mass is 10.1. The number of sulfonamides is 1. The molecular weight excluding hydrogens is 364 g/mol. The van der Waals surface area contributed by atoms with Gasteiger partial charge in [0.05, 0.1) is 22.3 Å². The van der Waals surface area contributed by atoms with E-state index >= 15 is 0 Å². The molecule has 1 aromatic carbocycles. The SMILES string of the molecule is CCN(CC)S(=O)(=O)c1ccc(CNC(=O)[C@@H]2CCS(=O)(=O)C2)cc1. The van der Waals surface area contributed by atoms with Crippen LogP contribution in [-0.2, 0) is 31.2 Å². The zero-order chi connectivity index (χ0) is 18.7. The summed E-state index contributed by atoms with van der Waals surface area (Å²) in [5.74, 6) is -0.809. The highest BCUT2D eigenvalue weighted by atomic mass is 32.2. The first-order valence-electron chi connectivity index (χ1n) is 8.27. The summed E-state index contributed by atoms with van der Waals surface area (Å²) in [7, 11) is -6.59. The molecule has 1 fully saturated rings. The van der Waals surface area contributed by atoms with Crippen molar-refractivity contribution < 1.29 is 21.6 Å². The molecular formula is C16H24N2O5S2. The van der Waals surface area contributed by atoms with Crippen molar-refractivity contribution in [2.75, 3.05) is 24.6 Å². The van der Waals surface area contributed by atoms with Crippen molar-refractivity contribution in [3.05, 3.63) is 29.8 Å². The Hall–Kier alpha value is -1.45. The number of benzene rings is 1. The fourth-order valence-corrected chi connectivity index (χ4v) is 6.03. The second kappa shape index (κ2) is 7.84. The van der Waals surface area contributed by atoms with Crippen LogP contribution in [0.4, 0.5) is 0 Å². The molecule has 140 valence electrons. The van der Waals surface area contributed by atoms with E-state index in [1.165, 1.54) is 16.4 Å². The minimum atomic E-state index is -3.50. The van der Waals surface area contributed by atoms with E-state index in [4.69, 9.17) is 0 Å². The van der Waals surface area contributed by atoms with Crippen LogP contribution < -0.4 is 5.32 Å². The van der Waals surface area contributed by atoms with E-state index in [2.05, 4.69) is 5.32 Å². The second-order valence-electron chi connectivity index (χ2n) is 6.05. The maximum absolute atomic E-state index is 12.4. The van der Waals surface area contributed by atoms with E-state index in [1.807, 2.05) is 0 Å². The van der Waals surface area contributed by atoms with E-state index in [0.717, 1.165) is 5.56 Å². The van der Waals surface area contributed by atoms with Crippen molar-refractivity contribution >= 4 is 25.8 Å². The Balaban J connectivity index is 1.98. The number of hydrogen-bond acceptors (Lipinski definition) is 5. The molecule has 1 N–H and O–H groups in total. The third-order valence-electron chi connectivity index (χ3n) is 4.34. The largest absolute Gasteiger partial charge is 0.352 e. The third kappa shape index (κ3) is 4.80. The van der Waals surface area contributed by atoms with Crippen LogP contribution >= 0.6 is 0 Å². The number of amides is 1. The van der Waals surface area contributed by atoms with Crippen LogP contribution in [0.3, 0.4) is 0 Å². The summed E-state index contributed by atoms with van der Waals surface area (Å²) in [5, 5.41) is 2.72. The highest BCUT2D eigenvalue weighted by molar-refractivity contribution is 7.91. The molecule has 1 aromatic rings. The molecule has 0 saturated carbocycles. The van der Waals surface area contributed by atoms with Crippen LogP contribution in [0.15, 0.2) is 29.2 Å². The van der Waals surface area contributed by atoms with E-state index in [9.17, 15) is 21.6 Å². The number of carbonyl (C=O) groups is 1. The lowest BCUT2D eigenvalue weighted by molar-refractivity contribution is -0.124. The summed E-state index contributed by atoms with van der Waals surface area (Å²) in [6, 6.07) is 6.36. The normalized spacial score (nSPS) is 19.9. The van der Waals surface area contributed by atoms with Crippen LogP contribution in [0.5, 0.6) is 0 Å². The lowest BCUT2D eigenvalue weighted by Crippen LogP contribution is -2.31. The van der Waals surface area contributed by atoms with E-state index in [-0.39, 0.29) is 28.9 Å². The summed E-state index contributed by atoms with van der Waals surface area (Å²) in [4.78, 5) is 12.2. The molecule has 7 nitrogen and oxygen atoms in total. The van der Waals surface area contributed by atoms with E-state index < -0.39 is 25.8 Å². The Morgan fingerprint density at radius 3 is 2.28 bits per heavy atom. The molecule has 1 heterocycles. The predicted octanol–water partition coefficient (Wildman–Crippen LogP) is 0.768. The predicted molar refractivity (Wildman–Crippen MR) is 95.2 cm³/mol. The number of nitrogens with one attached hydrogen (secondary N) is 1. The monoisotopic (exact) mass is 388 g/mol. The van der Waals surface area contributed by atoms with Gasteiger partial charge in [-0.3, -0.25) is 4.79 Å². The van der Waals surface area contributed by atoms with Crippen molar-refractivity contribution in [3.8, 4) is 0 Å². The quantitative estimate of drug-likeness (QED) is 0.743. The molecule has 1 atom stereocenters. The van der Waals surface area contributed by atoms with Crippen molar-refractivity contribution in [2.45, 2.75) is 31.7 Å². The Bertz CT molecular complexity index is 813. The van der Waals surface area contributed by atoms with Gasteiger partial charge in [-0.1, -0.05) is 26.0 Å². The molecule has 1 aliphatic rings. The summed E-state index contributed by atoms with van der Waals surface area (Å²) >= 11 is 0. The van der Waals surface area contributed by atoms with Gasteiger partial charge >= 0.3 is 0 Å². The molecule has 9 heteroatoms. The van der Waals surface area contributed by atoms with E-state index in [0.29, 0.717) is 19.5 Å². The van der Waals surface area contributed by atoms with Crippen molar-refractivity contribution in [3.63, 3.8) is 0 Å². The summed E-state index contributed by atoms with van der Waals surface area (Å²) in [6.07, 6.45) is 0.356. The Morgan fingerprint density at radius 1 is 1.20 bits per heavy atom. The van der Waals surface area contributed by atoms with Crippen LogP contribution in [0.2, 0.25) is 0 Å². The van der Waals surface area contributed by atoms with Gasteiger partial charge in [0, 0.05) is 19.6 Å². The molecule has 0 radical (unpaired) electrons. The van der Waals surface area contributed by atoms with Gasteiger partial charge in [0.25, 0.3) is 0 Å². The molecule has 0 spiro atoms. The number of carbonyl (C=O) groups excluding carboxylic acids is 1. The minimum Gasteiger partial charge on any atom is -0.352 e. The van der Waals surface area contributed by atoms with Crippen molar-refractivity contribution in [2.24, 2.45) is 5.92 Å². The highest BCUT2D eigenvalue weighted by Gasteiger charge is 2.32. The van der Waals surface area contributed by atoms with Gasteiger partial charge < -0.3 is 5.32 Å². The van der Waals surface area contributed by atoms with Gasteiger partial charge in [0.1, 0.15) is 0 Å². The van der Waals surface area contributed by atoms with Gasteiger partial charge in [-0.25, -0.2) is 16.8 Å². The van der Waals surface area contributed by atoms with Crippen molar-refractivity contribution in [1.82, 2.24) is 9.62 Å². The smallest absolute Gasteiger partial charge is 0.243 e. The van der Waals surface area contributed by atoms with Crippen molar-refractivity contribution in [1.29, 1.82) is 0 Å². The highest BCUT2D eigenvalue weighted by Crippen LogP contribution is 2.19. The fraction of sp³-hybridized carbons (Fsp3) is 0.562. The zero-order valence-electron chi connectivity index (χ0n) is 14.4. The second-order valence-corrected chi connectivity index (χ2v) is 10.2. The minimum absolute atomic E-state index is 0.0585. The molecule has 2 rings (SSSR count). The molecule has 1 amide bonds.